The molecule has 0 aliphatic carbocycles. The highest BCUT2D eigenvalue weighted by molar-refractivity contribution is 5.94. The molecule has 0 radical (unpaired) electrons. The van der Waals surface area contributed by atoms with Crippen molar-refractivity contribution in [2.24, 2.45) is 0 Å². The fraction of sp³-hybridized carbons (Fsp3) is 0.632. The van der Waals surface area contributed by atoms with Crippen molar-refractivity contribution in [3.05, 3.63) is 34.9 Å². The van der Waals surface area contributed by atoms with Gasteiger partial charge in [0.25, 0.3) is 5.91 Å². The molecular weight excluding hydrogens is 272 g/mol. The summed E-state index contributed by atoms with van der Waals surface area (Å²) < 4.78 is 0. The van der Waals surface area contributed by atoms with Gasteiger partial charge in [-0.2, -0.15) is 0 Å². The molecule has 2 rings (SSSR count). The lowest BCUT2D eigenvalue weighted by molar-refractivity contribution is 0.0947. The number of nitrogens with one attached hydrogen (secondary N) is 1. The zero-order valence-corrected chi connectivity index (χ0v) is 14.3. The second-order valence-corrected chi connectivity index (χ2v) is 6.50. The summed E-state index contributed by atoms with van der Waals surface area (Å²) in [6.45, 7) is 9.49. The molecule has 1 amide bonds. The fourth-order valence-corrected chi connectivity index (χ4v) is 3.29. The van der Waals surface area contributed by atoms with E-state index >= 15 is 0 Å². The van der Waals surface area contributed by atoms with Gasteiger partial charge in [0.2, 0.25) is 0 Å². The summed E-state index contributed by atoms with van der Waals surface area (Å²) in [5.74, 6) is 0.0498. The molecule has 1 aliphatic heterocycles. The second kappa shape index (κ2) is 8.33. The second-order valence-electron chi connectivity index (χ2n) is 6.50. The first-order chi connectivity index (χ1) is 10.6. The molecule has 122 valence electrons. The van der Waals surface area contributed by atoms with Gasteiger partial charge in [0.05, 0.1) is 0 Å². The van der Waals surface area contributed by atoms with Crippen LogP contribution in [-0.2, 0) is 0 Å². The molecule has 1 fully saturated rings. The van der Waals surface area contributed by atoms with Crippen molar-refractivity contribution >= 4 is 5.91 Å². The van der Waals surface area contributed by atoms with Crippen molar-refractivity contribution in [3.8, 4) is 0 Å². The van der Waals surface area contributed by atoms with E-state index in [0.717, 1.165) is 31.1 Å². The van der Waals surface area contributed by atoms with E-state index in [-0.39, 0.29) is 5.91 Å². The van der Waals surface area contributed by atoms with Crippen molar-refractivity contribution in [1.82, 2.24) is 10.2 Å². The molecule has 0 aromatic heterocycles. The van der Waals surface area contributed by atoms with Gasteiger partial charge in [0, 0.05) is 24.7 Å². The number of carbonyl (C=O) groups is 1. The fourth-order valence-electron chi connectivity index (χ4n) is 3.29. The Labute approximate surface area is 135 Å². The van der Waals surface area contributed by atoms with Crippen LogP contribution in [-0.4, -0.2) is 36.5 Å². The molecule has 1 aromatic carbocycles. The lowest BCUT2D eigenvalue weighted by Gasteiger charge is -2.35. The maximum atomic E-state index is 12.2. The molecule has 1 N–H and O–H groups in total. The largest absolute Gasteiger partial charge is 0.352 e. The molecule has 1 atom stereocenters. The minimum Gasteiger partial charge on any atom is -0.352 e. The summed E-state index contributed by atoms with van der Waals surface area (Å²) in [6.07, 6.45) is 6.32. The van der Waals surface area contributed by atoms with Crippen LogP contribution < -0.4 is 5.32 Å². The molecule has 3 heteroatoms. The minimum atomic E-state index is 0.0498. The summed E-state index contributed by atoms with van der Waals surface area (Å²) in [4.78, 5) is 14.8. The van der Waals surface area contributed by atoms with Gasteiger partial charge in [-0.05, 0) is 69.3 Å². The maximum Gasteiger partial charge on any atom is 0.251 e. The molecule has 1 aliphatic rings. The van der Waals surface area contributed by atoms with Crippen molar-refractivity contribution in [2.75, 3.05) is 19.6 Å². The third kappa shape index (κ3) is 4.57. The number of benzene rings is 1. The Kier molecular flexibility index (Phi) is 6.44. The normalized spacial score (nSPS) is 19.1. The first kappa shape index (κ1) is 17.0. The highest BCUT2D eigenvalue weighted by Gasteiger charge is 2.19. The van der Waals surface area contributed by atoms with Crippen LogP contribution in [0.2, 0.25) is 0 Å². The number of piperidine rings is 1. The van der Waals surface area contributed by atoms with Crippen LogP contribution in [0.1, 0.15) is 60.5 Å². The van der Waals surface area contributed by atoms with Crippen molar-refractivity contribution in [2.45, 2.75) is 58.9 Å². The van der Waals surface area contributed by atoms with Gasteiger partial charge in [-0.25, -0.2) is 0 Å². The van der Waals surface area contributed by atoms with Crippen LogP contribution in [0.25, 0.3) is 0 Å². The van der Waals surface area contributed by atoms with E-state index in [1.807, 2.05) is 25.1 Å². The smallest absolute Gasteiger partial charge is 0.251 e. The number of aryl methyl sites for hydroxylation is 2. The molecule has 1 saturated heterocycles. The predicted molar refractivity (Wildman–Crippen MR) is 92.4 cm³/mol. The van der Waals surface area contributed by atoms with E-state index in [1.165, 1.54) is 43.4 Å². The maximum absolute atomic E-state index is 12.2. The molecule has 1 heterocycles. The first-order valence-corrected chi connectivity index (χ1v) is 8.71. The first-order valence-electron chi connectivity index (χ1n) is 8.71. The lowest BCUT2D eigenvalue weighted by atomic mass is 10.00. The van der Waals surface area contributed by atoms with Gasteiger partial charge >= 0.3 is 0 Å². The Morgan fingerprint density at radius 2 is 2.09 bits per heavy atom. The highest BCUT2D eigenvalue weighted by atomic mass is 16.1. The summed E-state index contributed by atoms with van der Waals surface area (Å²) >= 11 is 0. The molecule has 1 aromatic rings. The number of nitrogens with zero attached hydrogens (tertiary/aromatic N) is 1. The predicted octanol–water partition coefficient (Wildman–Crippen LogP) is 3.69. The van der Waals surface area contributed by atoms with Crippen LogP contribution in [0.4, 0.5) is 0 Å². The Balaban J connectivity index is 1.73. The van der Waals surface area contributed by atoms with Crippen molar-refractivity contribution in [1.29, 1.82) is 0 Å². The SMILES string of the molecule is CCC1CCCCN1CCCNC(=O)c1ccc(C)c(C)c1. The lowest BCUT2D eigenvalue weighted by Crippen LogP contribution is -2.40. The van der Waals surface area contributed by atoms with Crippen LogP contribution in [0, 0.1) is 13.8 Å². The van der Waals surface area contributed by atoms with Crippen molar-refractivity contribution in [3.63, 3.8) is 0 Å². The summed E-state index contributed by atoms with van der Waals surface area (Å²) in [5.41, 5.74) is 3.17. The van der Waals surface area contributed by atoms with Gasteiger partial charge in [-0.3, -0.25) is 4.79 Å². The van der Waals surface area contributed by atoms with Crippen molar-refractivity contribution < 1.29 is 4.79 Å². The van der Waals surface area contributed by atoms with Crippen LogP contribution in [0.3, 0.4) is 0 Å². The average Bonchev–Trinajstić information content (AvgIpc) is 2.54. The Bertz CT molecular complexity index is 498. The van der Waals surface area contributed by atoms with E-state index in [4.69, 9.17) is 0 Å². The van der Waals surface area contributed by atoms with Gasteiger partial charge < -0.3 is 10.2 Å². The van der Waals surface area contributed by atoms with Crippen LogP contribution in [0.15, 0.2) is 18.2 Å². The molecule has 0 saturated carbocycles. The third-order valence-electron chi connectivity index (χ3n) is 4.90. The average molecular weight is 302 g/mol. The monoisotopic (exact) mass is 302 g/mol. The van der Waals surface area contributed by atoms with E-state index in [0.29, 0.717) is 0 Å². The Morgan fingerprint density at radius 1 is 1.27 bits per heavy atom. The molecule has 1 unspecified atom stereocenters. The highest BCUT2D eigenvalue weighted by Crippen LogP contribution is 2.19. The standard InChI is InChI=1S/C19H30N2O/c1-4-18-8-5-6-12-21(18)13-7-11-20-19(22)17-10-9-15(2)16(3)14-17/h9-10,14,18H,4-8,11-13H2,1-3H3,(H,20,22). The summed E-state index contributed by atoms with van der Waals surface area (Å²) in [5, 5.41) is 3.05. The van der Waals surface area contributed by atoms with Gasteiger partial charge in [-0.1, -0.05) is 19.4 Å². The number of amides is 1. The van der Waals surface area contributed by atoms with Gasteiger partial charge in [-0.15, -0.1) is 0 Å². The number of likely N-dealkylation sites (tertiary alicyclic amines) is 1. The molecule has 3 nitrogen and oxygen atoms in total. The van der Waals surface area contributed by atoms with Gasteiger partial charge in [0.1, 0.15) is 0 Å². The quantitative estimate of drug-likeness (QED) is 0.813. The number of carbonyl (C=O) groups excluding carboxylic acids is 1. The third-order valence-corrected chi connectivity index (χ3v) is 4.90. The van der Waals surface area contributed by atoms with Crippen LogP contribution >= 0.6 is 0 Å². The van der Waals surface area contributed by atoms with Crippen LogP contribution in [0.5, 0.6) is 0 Å². The molecule has 0 spiro atoms. The Hall–Kier alpha value is -1.35. The summed E-state index contributed by atoms with van der Waals surface area (Å²) in [7, 11) is 0. The molecule has 0 bridgehead atoms. The minimum absolute atomic E-state index is 0.0498. The topological polar surface area (TPSA) is 32.3 Å². The Morgan fingerprint density at radius 3 is 2.82 bits per heavy atom. The van der Waals surface area contributed by atoms with E-state index in [1.54, 1.807) is 0 Å². The number of hydrogen-bond acceptors (Lipinski definition) is 2. The van der Waals surface area contributed by atoms with E-state index < -0.39 is 0 Å². The molecular formula is C19H30N2O. The zero-order chi connectivity index (χ0) is 15.9. The number of hydrogen-bond donors (Lipinski definition) is 1. The van der Waals surface area contributed by atoms with E-state index in [2.05, 4.69) is 24.1 Å². The van der Waals surface area contributed by atoms with E-state index in [9.17, 15) is 4.79 Å². The summed E-state index contributed by atoms with van der Waals surface area (Å²) in [6, 6.07) is 6.66. The zero-order valence-electron chi connectivity index (χ0n) is 14.3. The number of rotatable bonds is 6. The molecule has 22 heavy (non-hydrogen) atoms. The van der Waals surface area contributed by atoms with Gasteiger partial charge in [0.15, 0.2) is 0 Å².